The Bertz CT molecular complexity index is 987. The molecule has 0 aliphatic carbocycles. The van der Waals surface area contributed by atoms with E-state index < -0.39 is 5.60 Å². The van der Waals surface area contributed by atoms with Gasteiger partial charge in [0.25, 0.3) is 0 Å². The maximum atomic E-state index is 12.3. The molecule has 1 saturated heterocycles. The zero-order valence-corrected chi connectivity index (χ0v) is 16.7. The number of carbonyl (C=O) groups is 1. The second-order valence-electron chi connectivity index (χ2n) is 7.92. The lowest BCUT2D eigenvalue weighted by Gasteiger charge is -2.39. The van der Waals surface area contributed by atoms with E-state index in [0.29, 0.717) is 25.8 Å². The molecule has 2 aromatic heterocycles. The van der Waals surface area contributed by atoms with Crippen LogP contribution in [-0.2, 0) is 11.2 Å². The van der Waals surface area contributed by atoms with Crippen LogP contribution in [0.15, 0.2) is 42.6 Å². The molecule has 1 fully saturated rings. The van der Waals surface area contributed by atoms with Crippen LogP contribution >= 0.6 is 0 Å². The number of imidazole rings is 1. The summed E-state index contributed by atoms with van der Waals surface area (Å²) in [5.74, 6) is 1.58. The van der Waals surface area contributed by atoms with Crippen LogP contribution in [0.4, 0.5) is 5.82 Å². The van der Waals surface area contributed by atoms with Gasteiger partial charge in [-0.05, 0) is 49.6 Å². The Morgan fingerprint density at radius 1 is 1.34 bits per heavy atom. The molecule has 7 nitrogen and oxygen atoms in total. The molecular weight excluding hydrogens is 366 g/mol. The quantitative estimate of drug-likeness (QED) is 0.598. The summed E-state index contributed by atoms with van der Waals surface area (Å²) in [5.41, 5.74) is 2.14. The molecule has 1 atom stereocenters. The number of benzene rings is 1. The predicted molar refractivity (Wildman–Crippen MR) is 113 cm³/mol. The first-order valence-corrected chi connectivity index (χ1v) is 10.1. The van der Waals surface area contributed by atoms with E-state index in [9.17, 15) is 9.90 Å². The second-order valence-corrected chi connectivity index (χ2v) is 7.92. The van der Waals surface area contributed by atoms with Gasteiger partial charge in [0.15, 0.2) is 0 Å². The number of pyridine rings is 1. The van der Waals surface area contributed by atoms with Crippen LogP contribution < -0.4 is 10.2 Å². The molecule has 3 heterocycles. The number of nitrogens with one attached hydrogen (secondary N) is 2. The number of rotatable bonds is 6. The number of aromatic amines is 1. The predicted octanol–water partition coefficient (Wildman–Crippen LogP) is 2.35. The van der Waals surface area contributed by atoms with Crippen molar-refractivity contribution in [2.45, 2.75) is 38.2 Å². The van der Waals surface area contributed by atoms with Gasteiger partial charge in [-0.25, -0.2) is 9.97 Å². The highest BCUT2D eigenvalue weighted by Crippen LogP contribution is 2.24. The van der Waals surface area contributed by atoms with Crippen molar-refractivity contribution in [1.82, 2.24) is 20.3 Å². The Hall–Kier alpha value is -2.93. The highest BCUT2D eigenvalue weighted by molar-refractivity contribution is 5.77. The van der Waals surface area contributed by atoms with Crippen molar-refractivity contribution >= 4 is 22.8 Å². The van der Waals surface area contributed by atoms with Crippen LogP contribution in [0.25, 0.3) is 11.0 Å². The maximum absolute atomic E-state index is 12.3. The maximum Gasteiger partial charge on any atom is 0.220 e. The molecule has 3 aromatic rings. The zero-order valence-electron chi connectivity index (χ0n) is 16.7. The molecular formula is C22H27N5O2. The molecule has 0 spiro atoms. The van der Waals surface area contributed by atoms with Crippen molar-refractivity contribution in [3.8, 4) is 0 Å². The average Bonchev–Trinajstić information content (AvgIpc) is 3.13. The number of hydrogen-bond acceptors (Lipinski definition) is 5. The van der Waals surface area contributed by atoms with Gasteiger partial charge in [-0.2, -0.15) is 0 Å². The molecule has 1 aliphatic heterocycles. The number of piperidine rings is 1. The molecule has 1 aliphatic rings. The number of nitrogens with zero attached hydrogens (tertiary/aromatic N) is 3. The molecule has 0 saturated carbocycles. The smallest absolute Gasteiger partial charge is 0.220 e. The fraction of sp³-hybridized carbons (Fsp3) is 0.409. The highest BCUT2D eigenvalue weighted by Gasteiger charge is 2.34. The van der Waals surface area contributed by atoms with E-state index in [2.05, 4.69) is 31.2 Å². The molecule has 1 unspecified atom stereocenters. The van der Waals surface area contributed by atoms with Crippen LogP contribution in [0, 0.1) is 6.92 Å². The van der Waals surface area contributed by atoms with E-state index in [1.165, 1.54) is 5.56 Å². The van der Waals surface area contributed by atoms with Crippen molar-refractivity contribution in [3.63, 3.8) is 0 Å². The van der Waals surface area contributed by atoms with Gasteiger partial charge in [-0.1, -0.05) is 12.1 Å². The third kappa shape index (κ3) is 4.74. The Labute approximate surface area is 170 Å². The summed E-state index contributed by atoms with van der Waals surface area (Å²) in [4.78, 5) is 26.6. The minimum absolute atomic E-state index is 0.0787. The molecule has 1 amide bonds. The number of fused-ring (bicyclic) bond motifs is 1. The number of β-amino-alcohol motifs (C(OH)–C–C–N with tert-alkyl or cyclic N) is 1. The highest BCUT2D eigenvalue weighted by atomic mass is 16.3. The Balaban J connectivity index is 1.29. The summed E-state index contributed by atoms with van der Waals surface area (Å²) in [6, 6.07) is 11.8. The third-order valence-corrected chi connectivity index (χ3v) is 5.42. The number of anilines is 1. The van der Waals surface area contributed by atoms with Crippen molar-refractivity contribution in [1.29, 1.82) is 0 Å². The monoisotopic (exact) mass is 393 g/mol. The summed E-state index contributed by atoms with van der Waals surface area (Å²) in [5, 5.41) is 13.9. The Morgan fingerprint density at radius 3 is 3.07 bits per heavy atom. The standard InChI is InChI=1S/C22H27N5O2/c1-16-6-7-17-18(13-16)26-19(25-17)8-9-21(28)24-14-22(29)10-4-12-27(15-22)20-5-2-3-11-23-20/h2-3,5-7,11,13,29H,4,8-10,12,14-15H2,1H3,(H,24,28)(H,25,26). The fourth-order valence-corrected chi connectivity index (χ4v) is 3.87. The van der Waals surface area contributed by atoms with Gasteiger partial charge in [0.05, 0.1) is 16.6 Å². The van der Waals surface area contributed by atoms with Crippen molar-refractivity contribution in [2.24, 2.45) is 0 Å². The number of aromatic nitrogens is 3. The lowest BCUT2D eigenvalue weighted by molar-refractivity contribution is -0.122. The lowest BCUT2D eigenvalue weighted by atomic mass is 9.92. The van der Waals surface area contributed by atoms with E-state index in [1.54, 1.807) is 6.20 Å². The average molecular weight is 393 g/mol. The summed E-state index contributed by atoms with van der Waals surface area (Å²) in [6.45, 7) is 3.61. The Kier molecular flexibility index (Phi) is 5.49. The van der Waals surface area contributed by atoms with E-state index in [0.717, 1.165) is 35.6 Å². The van der Waals surface area contributed by atoms with Gasteiger partial charge in [0, 0.05) is 38.7 Å². The molecule has 3 N–H and O–H groups in total. The number of hydrogen-bond donors (Lipinski definition) is 3. The SMILES string of the molecule is Cc1ccc2nc(CCC(=O)NCC3(O)CCCN(c4ccccn4)C3)[nH]c2c1. The largest absolute Gasteiger partial charge is 0.386 e. The van der Waals surface area contributed by atoms with Crippen LogP contribution in [0.1, 0.15) is 30.7 Å². The van der Waals surface area contributed by atoms with Gasteiger partial charge in [-0.15, -0.1) is 0 Å². The zero-order chi connectivity index (χ0) is 20.3. The van der Waals surface area contributed by atoms with E-state index in [-0.39, 0.29) is 12.5 Å². The van der Waals surface area contributed by atoms with Gasteiger partial charge < -0.3 is 20.3 Å². The molecule has 7 heteroatoms. The van der Waals surface area contributed by atoms with E-state index in [1.807, 2.05) is 37.3 Å². The van der Waals surface area contributed by atoms with Gasteiger partial charge in [0.2, 0.25) is 5.91 Å². The minimum atomic E-state index is -0.942. The van der Waals surface area contributed by atoms with Crippen molar-refractivity contribution in [3.05, 3.63) is 54.0 Å². The molecule has 29 heavy (non-hydrogen) atoms. The number of aryl methyl sites for hydroxylation is 2. The van der Waals surface area contributed by atoms with Crippen molar-refractivity contribution < 1.29 is 9.90 Å². The summed E-state index contributed by atoms with van der Waals surface area (Å²) < 4.78 is 0. The molecule has 152 valence electrons. The van der Waals surface area contributed by atoms with Gasteiger partial charge in [0.1, 0.15) is 11.6 Å². The fourth-order valence-electron chi connectivity index (χ4n) is 3.87. The first kappa shape index (κ1) is 19.4. The molecule has 4 rings (SSSR count). The first-order valence-electron chi connectivity index (χ1n) is 10.1. The normalized spacial score (nSPS) is 19.4. The summed E-state index contributed by atoms with van der Waals surface area (Å²) in [7, 11) is 0. The van der Waals surface area contributed by atoms with Crippen LogP contribution in [-0.4, -0.2) is 51.2 Å². The second kappa shape index (κ2) is 8.21. The summed E-state index contributed by atoms with van der Waals surface area (Å²) in [6.07, 6.45) is 4.15. The number of H-pyrrole nitrogens is 1. The molecule has 0 bridgehead atoms. The third-order valence-electron chi connectivity index (χ3n) is 5.42. The topological polar surface area (TPSA) is 94.1 Å². The molecule has 1 aromatic carbocycles. The van der Waals surface area contributed by atoms with Crippen molar-refractivity contribution in [2.75, 3.05) is 24.5 Å². The summed E-state index contributed by atoms with van der Waals surface area (Å²) >= 11 is 0. The van der Waals surface area contributed by atoms with Crippen LogP contribution in [0.5, 0.6) is 0 Å². The van der Waals surface area contributed by atoms with E-state index in [4.69, 9.17) is 0 Å². The minimum Gasteiger partial charge on any atom is -0.386 e. The Morgan fingerprint density at radius 2 is 2.24 bits per heavy atom. The first-order chi connectivity index (χ1) is 14.0. The lowest BCUT2D eigenvalue weighted by Crippen LogP contribution is -2.54. The molecule has 0 radical (unpaired) electrons. The van der Waals surface area contributed by atoms with Crippen LogP contribution in [0.2, 0.25) is 0 Å². The van der Waals surface area contributed by atoms with Gasteiger partial charge >= 0.3 is 0 Å². The van der Waals surface area contributed by atoms with E-state index >= 15 is 0 Å². The van der Waals surface area contributed by atoms with Gasteiger partial charge in [-0.3, -0.25) is 4.79 Å². The number of amides is 1. The number of carbonyl (C=O) groups excluding carboxylic acids is 1. The van der Waals surface area contributed by atoms with Crippen LogP contribution in [0.3, 0.4) is 0 Å². The number of aliphatic hydroxyl groups is 1.